The van der Waals surface area contributed by atoms with Gasteiger partial charge in [-0.3, -0.25) is 9.69 Å². The first kappa shape index (κ1) is 18.9. The summed E-state index contributed by atoms with van der Waals surface area (Å²) in [5, 5.41) is 0.761. The molecule has 0 unspecified atom stereocenters. The number of carbonyl (C=O) groups is 1. The van der Waals surface area contributed by atoms with Crippen molar-refractivity contribution < 1.29 is 9.53 Å². The fourth-order valence-electron chi connectivity index (χ4n) is 3.32. The zero-order valence-corrected chi connectivity index (χ0v) is 15.9. The maximum absolute atomic E-state index is 12.9. The first-order chi connectivity index (χ1) is 12.7. The van der Waals surface area contributed by atoms with E-state index in [1.54, 1.807) is 7.11 Å². The zero-order valence-electron chi connectivity index (χ0n) is 15.2. The van der Waals surface area contributed by atoms with E-state index in [2.05, 4.69) is 17.0 Å². The highest BCUT2D eigenvalue weighted by Crippen LogP contribution is 2.15. The maximum Gasteiger partial charge on any atom is 0.253 e. The highest BCUT2D eigenvalue weighted by Gasteiger charge is 2.20. The molecule has 0 bridgehead atoms. The van der Waals surface area contributed by atoms with Crippen LogP contribution in [0.15, 0.2) is 48.5 Å². The Morgan fingerprint density at radius 1 is 1.04 bits per heavy atom. The van der Waals surface area contributed by atoms with Crippen molar-refractivity contribution in [2.75, 3.05) is 33.3 Å². The van der Waals surface area contributed by atoms with Crippen LogP contribution in [0.25, 0.3) is 0 Å². The van der Waals surface area contributed by atoms with Gasteiger partial charge < -0.3 is 9.64 Å². The van der Waals surface area contributed by atoms with Crippen molar-refractivity contribution in [3.63, 3.8) is 0 Å². The number of benzene rings is 2. The van der Waals surface area contributed by atoms with Gasteiger partial charge in [-0.25, -0.2) is 0 Å². The van der Waals surface area contributed by atoms with Crippen LogP contribution < -0.4 is 0 Å². The van der Waals surface area contributed by atoms with Crippen LogP contribution in [0.3, 0.4) is 0 Å². The summed E-state index contributed by atoms with van der Waals surface area (Å²) in [6.07, 6.45) is 0.983. The summed E-state index contributed by atoms with van der Waals surface area (Å²) < 4.78 is 5.17. The van der Waals surface area contributed by atoms with Gasteiger partial charge >= 0.3 is 0 Å². The molecule has 0 saturated carbocycles. The third-order valence-electron chi connectivity index (χ3n) is 4.68. The monoisotopic (exact) mass is 372 g/mol. The minimum atomic E-state index is 0.108. The Hall–Kier alpha value is -1.88. The molecule has 0 N–H and O–H groups in total. The molecule has 5 heteroatoms. The van der Waals surface area contributed by atoms with Gasteiger partial charge in [0.2, 0.25) is 0 Å². The van der Waals surface area contributed by atoms with E-state index in [0.717, 1.165) is 55.3 Å². The number of amides is 1. The molecule has 0 spiro atoms. The molecular weight excluding hydrogens is 348 g/mol. The van der Waals surface area contributed by atoms with Crippen LogP contribution in [0, 0.1) is 0 Å². The number of carbonyl (C=O) groups excluding carboxylic acids is 1. The van der Waals surface area contributed by atoms with Crippen molar-refractivity contribution in [2.45, 2.75) is 19.6 Å². The molecule has 2 aromatic rings. The SMILES string of the molecule is COCc1cccc(C(=O)N2CCCN(Cc3ccc(Cl)cc3)CC2)c1. The second-order valence-electron chi connectivity index (χ2n) is 6.68. The highest BCUT2D eigenvalue weighted by molar-refractivity contribution is 6.30. The molecular formula is C21H25ClN2O2. The standard InChI is InChI=1S/C21H25ClN2O2/c1-26-16-18-4-2-5-19(14-18)21(25)24-11-3-10-23(12-13-24)15-17-6-8-20(22)9-7-17/h2,4-9,14H,3,10-13,15-16H2,1H3. The average molecular weight is 373 g/mol. The predicted octanol–water partition coefficient (Wildman–Crippen LogP) is 3.83. The molecule has 0 aromatic heterocycles. The molecule has 4 nitrogen and oxygen atoms in total. The Labute approximate surface area is 160 Å². The Morgan fingerprint density at radius 2 is 1.85 bits per heavy atom. The molecule has 26 heavy (non-hydrogen) atoms. The molecule has 3 rings (SSSR count). The lowest BCUT2D eigenvalue weighted by Crippen LogP contribution is -2.35. The molecule has 1 fully saturated rings. The fourth-order valence-corrected chi connectivity index (χ4v) is 3.45. The highest BCUT2D eigenvalue weighted by atomic mass is 35.5. The van der Waals surface area contributed by atoms with Gasteiger partial charge in [-0.1, -0.05) is 35.9 Å². The van der Waals surface area contributed by atoms with Crippen molar-refractivity contribution in [1.82, 2.24) is 9.80 Å². The van der Waals surface area contributed by atoms with Gasteiger partial charge in [-0.05, 0) is 41.8 Å². The number of methoxy groups -OCH3 is 1. The summed E-state index contributed by atoms with van der Waals surface area (Å²) in [7, 11) is 1.67. The second-order valence-corrected chi connectivity index (χ2v) is 7.12. The van der Waals surface area contributed by atoms with Gasteiger partial charge in [0.1, 0.15) is 0 Å². The molecule has 138 valence electrons. The molecule has 0 atom stereocenters. The molecule has 0 aliphatic carbocycles. The molecule has 2 aromatic carbocycles. The largest absolute Gasteiger partial charge is 0.380 e. The van der Waals surface area contributed by atoms with Crippen molar-refractivity contribution in [3.8, 4) is 0 Å². The third kappa shape index (κ3) is 5.07. The summed E-state index contributed by atoms with van der Waals surface area (Å²) in [5.74, 6) is 0.108. The van der Waals surface area contributed by atoms with Crippen molar-refractivity contribution in [2.24, 2.45) is 0 Å². The lowest BCUT2D eigenvalue weighted by molar-refractivity contribution is 0.0760. The van der Waals surface area contributed by atoms with E-state index in [-0.39, 0.29) is 5.91 Å². The number of hydrogen-bond acceptors (Lipinski definition) is 3. The quantitative estimate of drug-likeness (QED) is 0.799. The normalized spacial score (nSPS) is 15.7. The summed E-state index contributed by atoms with van der Waals surface area (Å²) in [6, 6.07) is 15.7. The first-order valence-electron chi connectivity index (χ1n) is 8.99. The first-order valence-corrected chi connectivity index (χ1v) is 9.37. The van der Waals surface area contributed by atoms with Gasteiger partial charge in [0, 0.05) is 50.4 Å². The van der Waals surface area contributed by atoms with Gasteiger partial charge in [0.25, 0.3) is 5.91 Å². The van der Waals surface area contributed by atoms with Crippen LogP contribution in [0.4, 0.5) is 0 Å². The van der Waals surface area contributed by atoms with Crippen LogP contribution in [-0.4, -0.2) is 49.0 Å². The van der Waals surface area contributed by atoms with Crippen LogP contribution in [0.5, 0.6) is 0 Å². The van der Waals surface area contributed by atoms with Gasteiger partial charge in [-0.2, -0.15) is 0 Å². The van der Waals surface area contributed by atoms with E-state index in [1.165, 1.54) is 5.56 Å². The van der Waals surface area contributed by atoms with Crippen LogP contribution >= 0.6 is 11.6 Å². The van der Waals surface area contributed by atoms with E-state index in [4.69, 9.17) is 16.3 Å². The minimum absolute atomic E-state index is 0.108. The van der Waals surface area contributed by atoms with Crippen molar-refractivity contribution >= 4 is 17.5 Å². The molecule has 1 aliphatic heterocycles. The number of hydrogen-bond donors (Lipinski definition) is 0. The Morgan fingerprint density at radius 3 is 2.62 bits per heavy atom. The molecule has 1 amide bonds. The zero-order chi connectivity index (χ0) is 18.4. The lowest BCUT2D eigenvalue weighted by Gasteiger charge is -2.22. The van der Waals surface area contributed by atoms with Gasteiger partial charge in [0.05, 0.1) is 6.61 Å². The van der Waals surface area contributed by atoms with E-state index in [1.807, 2.05) is 41.3 Å². The van der Waals surface area contributed by atoms with E-state index in [0.29, 0.717) is 6.61 Å². The predicted molar refractivity (Wildman–Crippen MR) is 104 cm³/mol. The number of ether oxygens (including phenoxy) is 1. The molecule has 1 saturated heterocycles. The topological polar surface area (TPSA) is 32.8 Å². The number of halogens is 1. The van der Waals surface area contributed by atoms with E-state index in [9.17, 15) is 4.79 Å². The summed E-state index contributed by atoms with van der Waals surface area (Å²) in [4.78, 5) is 17.2. The van der Waals surface area contributed by atoms with Crippen molar-refractivity contribution in [3.05, 3.63) is 70.2 Å². The maximum atomic E-state index is 12.9. The van der Waals surface area contributed by atoms with Gasteiger partial charge in [0.15, 0.2) is 0 Å². The molecule has 1 aliphatic rings. The third-order valence-corrected chi connectivity index (χ3v) is 4.93. The second kappa shape index (κ2) is 9.17. The minimum Gasteiger partial charge on any atom is -0.380 e. The van der Waals surface area contributed by atoms with Gasteiger partial charge in [-0.15, -0.1) is 0 Å². The Bertz CT molecular complexity index is 733. The van der Waals surface area contributed by atoms with E-state index < -0.39 is 0 Å². The smallest absolute Gasteiger partial charge is 0.253 e. The average Bonchev–Trinajstić information content (AvgIpc) is 2.89. The summed E-state index contributed by atoms with van der Waals surface area (Å²) in [5.41, 5.74) is 3.02. The lowest BCUT2D eigenvalue weighted by atomic mass is 10.1. The Balaban J connectivity index is 1.60. The summed E-state index contributed by atoms with van der Waals surface area (Å²) >= 11 is 5.96. The number of nitrogens with zero attached hydrogens (tertiary/aromatic N) is 2. The fraction of sp³-hybridized carbons (Fsp3) is 0.381. The van der Waals surface area contributed by atoms with Crippen LogP contribution in [-0.2, 0) is 17.9 Å². The van der Waals surface area contributed by atoms with Crippen LogP contribution in [0.1, 0.15) is 27.9 Å². The summed E-state index contributed by atoms with van der Waals surface area (Å²) in [6.45, 7) is 4.84. The molecule has 0 radical (unpaired) electrons. The van der Waals surface area contributed by atoms with Crippen LogP contribution in [0.2, 0.25) is 5.02 Å². The molecule has 1 heterocycles. The van der Waals surface area contributed by atoms with Crippen molar-refractivity contribution in [1.29, 1.82) is 0 Å². The Kier molecular flexibility index (Phi) is 6.67. The number of rotatable bonds is 5. The van der Waals surface area contributed by atoms with E-state index >= 15 is 0 Å².